The molecule has 0 bridgehead atoms. The van der Waals surface area contributed by atoms with Crippen molar-refractivity contribution in [2.24, 2.45) is 0 Å². The van der Waals surface area contributed by atoms with Crippen LogP contribution in [0.4, 0.5) is 0 Å². The Morgan fingerprint density at radius 2 is 2.58 bits per heavy atom. The minimum Gasteiger partial charge on any atom is -0.349 e. The summed E-state index contributed by atoms with van der Waals surface area (Å²) in [6.45, 7) is 3.61. The average Bonchev–Trinajstić information content (AvgIpc) is 2.37. The molecule has 1 heterocycles. The number of nitrogens with zero attached hydrogens (tertiary/aromatic N) is 1. The Bertz CT molecular complexity index is 246. The summed E-state index contributed by atoms with van der Waals surface area (Å²) in [5.74, 6) is 0.941. The summed E-state index contributed by atoms with van der Waals surface area (Å²) >= 11 is 1.35. The highest BCUT2D eigenvalue weighted by atomic mass is 32.2. The van der Waals surface area contributed by atoms with Crippen LogP contribution in [0, 0.1) is 0 Å². The number of H-pyrrole nitrogens is 1. The molecule has 0 aliphatic carbocycles. The summed E-state index contributed by atoms with van der Waals surface area (Å²) in [7, 11) is 0. The number of hydrogen-bond acceptors (Lipinski definition) is 3. The molecular formula is C8H12N2OS. The summed E-state index contributed by atoms with van der Waals surface area (Å²) in [4.78, 5) is 17.8. The summed E-state index contributed by atoms with van der Waals surface area (Å²) in [6, 6.07) is 0. The third-order valence-electron chi connectivity index (χ3n) is 1.40. The number of carbonyl (C=O) groups excluding carboxylic acids is 1. The molecule has 0 saturated heterocycles. The maximum atomic E-state index is 10.7. The molecule has 12 heavy (non-hydrogen) atoms. The van der Waals surface area contributed by atoms with Gasteiger partial charge in [0, 0.05) is 31.0 Å². The quantitative estimate of drug-likeness (QED) is 0.776. The molecule has 1 aromatic heterocycles. The zero-order valence-electron chi connectivity index (χ0n) is 7.20. The van der Waals surface area contributed by atoms with E-state index in [2.05, 4.69) is 9.97 Å². The standard InChI is InChI=1S/C8H12N2OS/c1-6(12-7(2)11)5-8-9-3-4-10-8/h3-4,6H,5H2,1-2H3,(H,9,10). The van der Waals surface area contributed by atoms with E-state index in [0.717, 1.165) is 12.2 Å². The van der Waals surface area contributed by atoms with Crippen molar-refractivity contribution in [1.29, 1.82) is 0 Å². The number of nitrogens with one attached hydrogen (secondary N) is 1. The summed E-state index contributed by atoms with van der Waals surface area (Å²) in [5.41, 5.74) is 0. The average molecular weight is 184 g/mol. The van der Waals surface area contributed by atoms with Crippen LogP contribution >= 0.6 is 11.8 Å². The van der Waals surface area contributed by atoms with Crippen molar-refractivity contribution in [3.63, 3.8) is 0 Å². The van der Waals surface area contributed by atoms with Gasteiger partial charge in [0.05, 0.1) is 0 Å². The van der Waals surface area contributed by atoms with E-state index in [1.165, 1.54) is 11.8 Å². The number of thioether (sulfide) groups is 1. The van der Waals surface area contributed by atoms with Crippen LogP contribution in [0.2, 0.25) is 0 Å². The first-order chi connectivity index (χ1) is 5.68. The van der Waals surface area contributed by atoms with E-state index in [9.17, 15) is 4.79 Å². The van der Waals surface area contributed by atoms with Crippen molar-refractivity contribution < 1.29 is 4.79 Å². The molecule has 1 unspecified atom stereocenters. The molecule has 1 rings (SSSR count). The van der Waals surface area contributed by atoms with Crippen LogP contribution in [0.25, 0.3) is 0 Å². The zero-order valence-corrected chi connectivity index (χ0v) is 8.02. The Morgan fingerprint density at radius 3 is 3.08 bits per heavy atom. The first kappa shape index (κ1) is 9.32. The molecule has 1 aromatic rings. The number of carbonyl (C=O) groups is 1. The van der Waals surface area contributed by atoms with Gasteiger partial charge in [-0.05, 0) is 0 Å². The maximum Gasteiger partial charge on any atom is 0.186 e. The highest BCUT2D eigenvalue weighted by molar-refractivity contribution is 8.14. The van der Waals surface area contributed by atoms with Crippen molar-refractivity contribution in [3.05, 3.63) is 18.2 Å². The lowest BCUT2D eigenvalue weighted by molar-refractivity contribution is -0.109. The van der Waals surface area contributed by atoms with E-state index >= 15 is 0 Å². The van der Waals surface area contributed by atoms with Crippen LogP contribution in [-0.2, 0) is 11.2 Å². The lowest BCUT2D eigenvalue weighted by atomic mass is 10.3. The van der Waals surface area contributed by atoms with Gasteiger partial charge in [-0.3, -0.25) is 4.79 Å². The number of rotatable bonds is 3. The fourth-order valence-electron chi connectivity index (χ4n) is 1.01. The van der Waals surface area contributed by atoms with Crippen molar-refractivity contribution in [3.8, 4) is 0 Å². The van der Waals surface area contributed by atoms with Crippen molar-refractivity contribution in [2.45, 2.75) is 25.5 Å². The van der Waals surface area contributed by atoms with Crippen molar-refractivity contribution in [1.82, 2.24) is 9.97 Å². The fourth-order valence-corrected chi connectivity index (χ4v) is 1.81. The Balaban J connectivity index is 2.36. The molecule has 1 N–H and O–H groups in total. The second-order valence-electron chi connectivity index (χ2n) is 2.66. The van der Waals surface area contributed by atoms with Gasteiger partial charge in [0.2, 0.25) is 0 Å². The molecule has 0 spiro atoms. The summed E-state index contributed by atoms with van der Waals surface area (Å²) < 4.78 is 0. The van der Waals surface area contributed by atoms with Gasteiger partial charge in [0.15, 0.2) is 5.12 Å². The molecule has 1 atom stereocenters. The lowest BCUT2D eigenvalue weighted by Gasteiger charge is -2.05. The summed E-state index contributed by atoms with van der Waals surface area (Å²) in [6.07, 6.45) is 4.33. The van der Waals surface area contributed by atoms with Gasteiger partial charge in [-0.1, -0.05) is 18.7 Å². The summed E-state index contributed by atoms with van der Waals surface area (Å²) in [5, 5.41) is 0.461. The normalized spacial score (nSPS) is 12.8. The Hall–Kier alpha value is -0.770. The monoisotopic (exact) mass is 184 g/mol. The molecule has 0 amide bonds. The molecule has 0 aromatic carbocycles. The first-order valence-electron chi connectivity index (χ1n) is 3.84. The Morgan fingerprint density at radius 1 is 1.83 bits per heavy atom. The predicted octanol–water partition coefficient (Wildman–Crippen LogP) is 1.62. The number of imidazole rings is 1. The highest BCUT2D eigenvalue weighted by Gasteiger charge is 2.07. The minimum absolute atomic E-state index is 0.161. The predicted molar refractivity (Wildman–Crippen MR) is 50.0 cm³/mol. The molecule has 0 radical (unpaired) electrons. The molecular weight excluding hydrogens is 172 g/mol. The van der Waals surface area contributed by atoms with Crippen LogP contribution in [0.5, 0.6) is 0 Å². The highest BCUT2D eigenvalue weighted by Crippen LogP contribution is 2.14. The smallest absolute Gasteiger partial charge is 0.186 e. The topological polar surface area (TPSA) is 45.8 Å². The third-order valence-corrected chi connectivity index (χ3v) is 2.30. The van der Waals surface area contributed by atoms with E-state index in [1.807, 2.05) is 6.92 Å². The van der Waals surface area contributed by atoms with Gasteiger partial charge in [-0.25, -0.2) is 4.98 Å². The number of hydrogen-bond donors (Lipinski definition) is 1. The van der Waals surface area contributed by atoms with Crippen LogP contribution in [0.3, 0.4) is 0 Å². The van der Waals surface area contributed by atoms with Gasteiger partial charge < -0.3 is 4.98 Å². The van der Waals surface area contributed by atoms with Gasteiger partial charge in [0.1, 0.15) is 5.82 Å². The SMILES string of the molecule is CC(=O)SC(C)Cc1ncc[nH]1. The van der Waals surface area contributed by atoms with E-state index in [1.54, 1.807) is 19.3 Å². The van der Waals surface area contributed by atoms with E-state index in [4.69, 9.17) is 0 Å². The number of aromatic amines is 1. The molecule has 0 saturated carbocycles. The largest absolute Gasteiger partial charge is 0.349 e. The van der Waals surface area contributed by atoms with E-state index in [0.29, 0.717) is 5.25 Å². The van der Waals surface area contributed by atoms with Crippen LogP contribution in [-0.4, -0.2) is 20.3 Å². The zero-order chi connectivity index (χ0) is 8.97. The van der Waals surface area contributed by atoms with Crippen LogP contribution in [0.1, 0.15) is 19.7 Å². The maximum absolute atomic E-state index is 10.7. The Labute approximate surface area is 76.0 Å². The Kier molecular flexibility index (Phi) is 3.34. The van der Waals surface area contributed by atoms with Crippen LogP contribution in [0.15, 0.2) is 12.4 Å². The number of aromatic nitrogens is 2. The van der Waals surface area contributed by atoms with Gasteiger partial charge in [-0.15, -0.1) is 0 Å². The van der Waals surface area contributed by atoms with Gasteiger partial charge in [-0.2, -0.15) is 0 Å². The lowest BCUT2D eigenvalue weighted by Crippen LogP contribution is -2.05. The second-order valence-corrected chi connectivity index (χ2v) is 4.28. The minimum atomic E-state index is 0.161. The molecule has 0 aliphatic rings. The van der Waals surface area contributed by atoms with Crippen molar-refractivity contribution in [2.75, 3.05) is 0 Å². The second kappa shape index (κ2) is 4.30. The van der Waals surface area contributed by atoms with Gasteiger partial charge >= 0.3 is 0 Å². The molecule has 4 heteroatoms. The third kappa shape index (κ3) is 3.09. The molecule has 0 fully saturated rings. The first-order valence-corrected chi connectivity index (χ1v) is 4.72. The van der Waals surface area contributed by atoms with E-state index < -0.39 is 0 Å². The van der Waals surface area contributed by atoms with Crippen molar-refractivity contribution >= 4 is 16.9 Å². The van der Waals surface area contributed by atoms with Crippen LogP contribution < -0.4 is 0 Å². The van der Waals surface area contributed by atoms with E-state index in [-0.39, 0.29) is 5.12 Å². The molecule has 3 nitrogen and oxygen atoms in total. The van der Waals surface area contributed by atoms with Gasteiger partial charge in [0.25, 0.3) is 0 Å². The molecule has 66 valence electrons. The fraction of sp³-hybridized carbons (Fsp3) is 0.500. The molecule has 0 aliphatic heterocycles.